The minimum absolute atomic E-state index is 0.116. The van der Waals surface area contributed by atoms with E-state index < -0.39 is 27.8 Å². The fourth-order valence-corrected chi connectivity index (χ4v) is 3.38. The number of nitro groups is 1. The van der Waals surface area contributed by atoms with Gasteiger partial charge in [0.15, 0.2) is 0 Å². The maximum atomic E-state index is 12.7. The zero-order valence-electron chi connectivity index (χ0n) is 13.2. The van der Waals surface area contributed by atoms with Gasteiger partial charge in [-0.1, -0.05) is 24.3 Å². The molecule has 1 aliphatic rings. The van der Waals surface area contributed by atoms with E-state index in [1.54, 1.807) is 30.3 Å². The maximum Gasteiger partial charge on any atom is 0.280 e. The van der Waals surface area contributed by atoms with Crippen LogP contribution in [0.1, 0.15) is 11.6 Å². The summed E-state index contributed by atoms with van der Waals surface area (Å²) in [6, 6.07) is 11.9. The van der Waals surface area contributed by atoms with E-state index in [0.717, 1.165) is 4.68 Å². The Bertz CT molecular complexity index is 1110. The molecule has 0 radical (unpaired) electrons. The number of hydrogen-bond donors (Lipinski definition) is 0. The number of para-hydroxylation sites is 1. The summed E-state index contributed by atoms with van der Waals surface area (Å²) < 4.78 is 1.10. The first-order valence-electron chi connectivity index (χ1n) is 7.67. The van der Waals surface area contributed by atoms with E-state index in [4.69, 9.17) is 11.6 Å². The van der Waals surface area contributed by atoms with Gasteiger partial charge >= 0.3 is 0 Å². The molecule has 2 heterocycles. The fourth-order valence-electron chi connectivity index (χ4n) is 3.03. The lowest BCUT2D eigenvalue weighted by Gasteiger charge is -2.44. The van der Waals surface area contributed by atoms with Crippen LogP contribution in [0.5, 0.6) is 0 Å². The van der Waals surface area contributed by atoms with Crippen molar-refractivity contribution in [3.8, 4) is 0 Å². The second-order valence-electron chi connectivity index (χ2n) is 5.79. The molecule has 1 aliphatic heterocycles. The summed E-state index contributed by atoms with van der Waals surface area (Å²) in [5.41, 5.74) is 0.451. The quantitative estimate of drug-likeness (QED) is 0.304. The Morgan fingerprint density at radius 3 is 2.65 bits per heavy atom. The van der Waals surface area contributed by atoms with Crippen molar-refractivity contribution in [3.63, 3.8) is 0 Å². The number of halogens is 1. The molecule has 130 valence electrons. The normalized spacial score (nSPS) is 19.4. The Balaban J connectivity index is 1.82. The number of hydrogen-bond acceptors (Lipinski definition) is 5. The summed E-state index contributed by atoms with van der Waals surface area (Å²) in [7, 11) is 0. The Kier molecular flexibility index (Phi) is 3.69. The third kappa shape index (κ3) is 2.34. The van der Waals surface area contributed by atoms with Crippen LogP contribution in [-0.2, 0) is 4.79 Å². The molecule has 1 amide bonds. The second-order valence-corrected chi connectivity index (χ2v) is 6.26. The van der Waals surface area contributed by atoms with E-state index >= 15 is 0 Å². The van der Waals surface area contributed by atoms with Gasteiger partial charge in [-0.2, -0.15) is 0 Å². The summed E-state index contributed by atoms with van der Waals surface area (Å²) in [4.78, 5) is 39.7. The number of nitro benzene ring substituents is 1. The maximum absolute atomic E-state index is 12.7. The number of carbonyl (C=O) groups is 1. The summed E-state index contributed by atoms with van der Waals surface area (Å²) in [5.74, 6) is -0.470. The van der Waals surface area contributed by atoms with E-state index in [0.29, 0.717) is 16.5 Å². The first-order valence-corrected chi connectivity index (χ1v) is 8.11. The van der Waals surface area contributed by atoms with Gasteiger partial charge in [-0.3, -0.25) is 19.7 Å². The Hall–Kier alpha value is -3.26. The number of alkyl halides is 1. The largest absolute Gasteiger partial charge is 0.280 e. The predicted molar refractivity (Wildman–Crippen MR) is 94.7 cm³/mol. The minimum Gasteiger partial charge on any atom is -0.271 e. The Morgan fingerprint density at radius 2 is 1.88 bits per heavy atom. The number of β-lactam (4-membered cyclic amide) rings is 1. The zero-order valence-corrected chi connectivity index (χ0v) is 13.9. The third-order valence-corrected chi connectivity index (χ3v) is 4.73. The third-order valence-electron chi connectivity index (χ3n) is 4.31. The number of benzene rings is 2. The summed E-state index contributed by atoms with van der Waals surface area (Å²) in [5, 5.41) is 11.6. The van der Waals surface area contributed by atoms with Crippen LogP contribution in [0.15, 0.2) is 59.7 Å². The van der Waals surface area contributed by atoms with Crippen molar-refractivity contribution in [3.05, 3.63) is 80.9 Å². The molecule has 0 bridgehead atoms. The van der Waals surface area contributed by atoms with Gasteiger partial charge in [-0.05, 0) is 17.7 Å². The van der Waals surface area contributed by atoms with Crippen molar-refractivity contribution in [2.45, 2.75) is 11.4 Å². The van der Waals surface area contributed by atoms with E-state index in [2.05, 4.69) is 4.98 Å². The molecule has 8 nitrogen and oxygen atoms in total. The number of non-ortho nitro benzene ring substituents is 1. The van der Waals surface area contributed by atoms with Crippen LogP contribution >= 0.6 is 11.6 Å². The second kappa shape index (κ2) is 5.92. The molecule has 0 aliphatic carbocycles. The van der Waals surface area contributed by atoms with Gasteiger partial charge in [0.25, 0.3) is 17.2 Å². The lowest BCUT2D eigenvalue weighted by Crippen LogP contribution is -2.64. The number of nitrogens with zero attached hydrogens (tertiary/aromatic N) is 4. The molecule has 2 atom stereocenters. The van der Waals surface area contributed by atoms with Crippen molar-refractivity contribution in [1.29, 1.82) is 0 Å². The summed E-state index contributed by atoms with van der Waals surface area (Å²) in [6.45, 7) is 0. The van der Waals surface area contributed by atoms with Gasteiger partial charge in [0.2, 0.25) is 0 Å². The molecule has 0 saturated carbocycles. The smallest absolute Gasteiger partial charge is 0.271 e. The van der Waals surface area contributed by atoms with Crippen LogP contribution < -0.4 is 10.6 Å². The SMILES string of the molecule is O=C1[C@@H](Cl)[C@@H](c2cccc([N+](=O)[O-])c2)N1n1cnc2ccccc2c1=O. The van der Waals surface area contributed by atoms with Gasteiger partial charge in [-0.25, -0.2) is 14.7 Å². The molecule has 1 saturated heterocycles. The van der Waals surface area contributed by atoms with Crippen LogP contribution in [0.4, 0.5) is 5.69 Å². The first kappa shape index (κ1) is 16.2. The highest BCUT2D eigenvalue weighted by molar-refractivity contribution is 6.36. The van der Waals surface area contributed by atoms with Crippen molar-refractivity contribution in [2.24, 2.45) is 0 Å². The number of amides is 1. The molecule has 0 unspecified atom stereocenters. The number of aromatic nitrogens is 2. The molecule has 0 spiro atoms. The lowest BCUT2D eigenvalue weighted by atomic mass is 9.95. The standard InChI is InChI=1S/C17H11ClN4O4/c18-14-15(10-4-3-5-11(8-10)22(25)26)21(17(14)24)20-9-19-13-7-2-1-6-12(13)16(20)23/h1-9,14-15H/t14-,15+/m0/s1. The molecular weight excluding hydrogens is 360 g/mol. The predicted octanol–water partition coefficient (Wildman–Crippen LogP) is 2.13. The van der Waals surface area contributed by atoms with Crippen LogP contribution in [0.3, 0.4) is 0 Å². The lowest BCUT2D eigenvalue weighted by molar-refractivity contribution is -0.384. The highest BCUT2D eigenvalue weighted by atomic mass is 35.5. The van der Waals surface area contributed by atoms with Crippen LogP contribution in [0, 0.1) is 10.1 Å². The fraction of sp³-hybridized carbons (Fsp3) is 0.118. The van der Waals surface area contributed by atoms with E-state index in [1.807, 2.05) is 0 Å². The molecule has 4 rings (SSSR count). The van der Waals surface area contributed by atoms with Crippen LogP contribution in [0.2, 0.25) is 0 Å². The zero-order chi connectivity index (χ0) is 18.4. The van der Waals surface area contributed by atoms with Gasteiger partial charge in [0.05, 0.1) is 15.8 Å². The molecule has 3 aromatic rings. The highest BCUT2D eigenvalue weighted by Crippen LogP contribution is 2.37. The van der Waals surface area contributed by atoms with Gasteiger partial charge in [0, 0.05) is 12.1 Å². The van der Waals surface area contributed by atoms with E-state index in [9.17, 15) is 19.7 Å². The summed E-state index contributed by atoms with van der Waals surface area (Å²) >= 11 is 6.15. The van der Waals surface area contributed by atoms with Crippen molar-refractivity contribution >= 4 is 34.1 Å². The molecule has 1 aromatic heterocycles. The van der Waals surface area contributed by atoms with E-state index in [-0.39, 0.29) is 5.69 Å². The molecule has 1 fully saturated rings. The molecular formula is C17H11ClN4O4. The molecule has 9 heteroatoms. The minimum atomic E-state index is -0.921. The van der Waals surface area contributed by atoms with Gasteiger partial charge in [-0.15, -0.1) is 11.6 Å². The monoisotopic (exact) mass is 370 g/mol. The Labute approximate surface area is 151 Å². The Morgan fingerprint density at radius 1 is 1.12 bits per heavy atom. The summed E-state index contributed by atoms with van der Waals surface area (Å²) in [6.07, 6.45) is 1.26. The van der Waals surface area contributed by atoms with Crippen molar-refractivity contribution in [2.75, 3.05) is 5.01 Å². The molecule has 0 N–H and O–H groups in total. The van der Waals surface area contributed by atoms with Crippen molar-refractivity contribution in [1.82, 2.24) is 9.66 Å². The average Bonchev–Trinajstić information content (AvgIpc) is 2.66. The first-order chi connectivity index (χ1) is 12.5. The number of rotatable bonds is 3. The van der Waals surface area contributed by atoms with Gasteiger partial charge in [0.1, 0.15) is 17.7 Å². The average molecular weight is 371 g/mol. The topological polar surface area (TPSA) is 98.3 Å². The highest BCUT2D eigenvalue weighted by Gasteiger charge is 2.49. The molecule has 2 aromatic carbocycles. The van der Waals surface area contributed by atoms with Crippen LogP contribution in [0.25, 0.3) is 10.9 Å². The van der Waals surface area contributed by atoms with Crippen LogP contribution in [-0.4, -0.2) is 25.9 Å². The number of carbonyl (C=O) groups excluding carboxylic acids is 1. The van der Waals surface area contributed by atoms with Gasteiger partial charge < -0.3 is 0 Å². The van der Waals surface area contributed by atoms with Crippen molar-refractivity contribution < 1.29 is 9.72 Å². The van der Waals surface area contributed by atoms with E-state index in [1.165, 1.54) is 29.5 Å². The number of fused-ring (bicyclic) bond motifs is 1. The molecule has 26 heavy (non-hydrogen) atoms.